The summed E-state index contributed by atoms with van der Waals surface area (Å²) in [6, 6.07) is 0. The van der Waals surface area contributed by atoms with Gasteiger partial charge in [0.1, 0.15) is 11.3 Å². The highest BCUT2D eigenvalue weighted by Gasteiger charge is 2.05. The summed E-state index contributed by atoms with van der Waals surface area (Å²) >= 11 is 0. The SMILES string of the molecule is CNCc1nc(C)nc2nc[nH]c12. The van der Waals surface area contributed by atoms with Crippen LogP contribution in [-0.4, -0.2) is 27.0 Å². The van der Waals surface area contributed by atoms with E-state index in [1.165, 1.54) is 0 Å². The van der Waals surface area contributed by atoms with E-state index in [0.717, 1.165) is 29.2 Å². The molecular weight excluding hydrogens is 166 g/mol. The van der Waals surface area contributed by atoms with Gasteiger partial charge < -0.3 is 10.3 Å². The Bertz CT molecular complexity index is 419. The van der Waals surface area contributed by atoms with Gasteiger partial charge in [-0.05, 0) is 14.0 Å². The predicted molar refractivity (Wildman–Crippen MR) is 49.2 cm³/mol. The third-order valence-electron chi connectivity index (χ3n) is 1.82. The van der Waals surface area contributed by atoms with Crippen LogP contribution in [0, 0.1) is 6.92 Å². The largest absolute Gasteiger partial charge is 0.342 e. The van der Waals surface area contributed by atoms with Crippen LogP contribution in [0.2, 0.25) is 0 Å². The lowest BCUT2D eigenvalue weighted by Gasteiger charge is -2.01. The second kappa shape index (κ2) is 3.10. The first-order valence-electron chi connectivity index (χ1n) is 4.12. The van der Waals surface area contributed by atoms with Gasteiger partial charge in [0.2, 0.25) is 0 Å². The maximum atomic E-state index is 4.32. The molecule has 5 nitrogen and oxygen atoms in total. The van der Waals surface area contributed by atoms with Crippen LogP contribution in [-0.2, 0) is 6.54 Å². The van der Waals surface area contributed by atoms with Gasteiger partial charge in [0, 0.05) is 6.54 Å². The van der Waals surface area contributed by atoms with Gasteiger partial charge in [-0.2, -0.15) is 0 Å². The molecule has 0 aliphatic rings. The summed E-state index contributed by atoms with van der Waals surface area (Å²) in [5.41, 5.74) is 2.61. The van der Waals surface area contributed by atoms with E-state index in [0.29, 0.717) is 0 Å². The Hall–Kier alpha value is -1.49. The van der Waals surface area contributed by atoms with Gasteiger partial charge in [0.05, 0.1) is 12.0 Å². The van der Waals surface area contributed by atoms with Gasteiger partial charge in [-0.1, -0.05) is 0 Å². The van der Waals surface area contributed by atoms with Crippen molar-refractivity contribution < 1.29 is 0 Å². The molecule has 0 amide bonds. The first kappa shape index (κ1) is 8.12. The van der Waals surface area contributed by atoms with Gasteiger partial charge in [0.25, 0.3) is 0 Å². The average Bonchev–Trinajstić information content (AvgIpc) is 2.52. The molecule has 0 aliphatic carbocycles. The lowest BCUT2D eigenvalue weighted by atomic mass is 10.3. The molecule has 0 aliphatic heterocycles. The van der Waals surface area contributed by atoms with E-state index in [-0.39, 0.29) is 0 Å². The van der Waals surface area contributed by atoms with Crippen molar-refractivity contribution in [2.45, 2.75) is 13.5 Å². The smallest absolute Gasteiger partial charge is 0.181 e. The summed E-state index contributed by atoms with van der Waals surface area (Å²) in [6.45, 7) is 2.59. The molecule has 13 heavy (non-hydrogen) atoms. The second-order valence-corrected chi connectivity index (χ2v) is 2.85. The number of fused-ring (bicyclic) bond motifs is 1. The monoisotopic (exact) mass is 177 g/mol. The molecule has 2 N–H and O–H groups in total. The van der Waals surface area contributed by atoms with Crippen molar-refractivity contribution in [3.8, 4) is 0 Å². The standard InChI is InChI=1S/C8H11N5/c1-5-12-6(3-9-2)7-8(13-5)11-4-10-7/h4,9H,3H2,1-2H3,(H,10,11,12,13). The summed E-state index contributed by atoms with van der Waals surface area (Å²) in [5.74, 6) is 0.754. The zero-order valence-corrected chi connectivity index (χ0v) is 7.63. The maximum absolute atomic E-state index is 4.32. The third-order valence-corrected chi connectivity index (χ3v) is 1.82. The highest BCUT2D eigenvalue weighted by atomic mass is 15.0. The highest BCUT2D eigenvalue weighted by Crippen LogP contribution is 2.10. The number of imidazole rings is 1. The van der Waals surface area contributed by atoms with E-state index in [1.807, 2.05) is 14.0 Å². The van der Waals surface area contributed by atoms with Crippen molar-refractivity contribution >= 4 is 11.2 Å². The van der Waals surface area contributed by atoms with Crippen molar-refractivity contribution in [1.82, 2.24) is 25.3 Å². The molecule has 0 aromatic carbocycles. The zero-order chi connectivity index (χ0) is 9.26. The summed E-state index contributed by atoms with van der Waals surface area (Å²) in [6.07, 6.45) is 1.64. The fourth-order valence-corrected chi connectivity index (χ4v) is 1.31. The predicted octanol–water partition coefficient (Wildman–Crippen LogP) is 0.381. The summed E-state index contributed by atoms with van der Waals surface area (Å²) in [4.78, 5) is 15.6. The van der Waals surface area contributed by atoms with Gasteiger partial charge >= 0.3 is 0 Å². The van der Waals surface area contributed by atoms with Crippen LogP contribution in [0.1, 0.15) is 11.5 Å². The van der Waals surface area contributed by atoms with Crippen LogP contribution >= 0.6 is 0 Å². The number of aryl methyl sites for hydroxylation is 1. The number of nitrogens with one attached hydrogen (secondary N) is 2. The number of aromatic amines is 1. The number of H-pyrrole nitrogens is 1. The van der Waals surface area contributed by atoms with E-state index < -0.39 is 0 Å². The molecular formula is C8H11N5. The normalized spacial score (nSPS) is 10.9. The fourth-order valence-electron chi connectivity index (χ4n) is 1.31. The van der Waals surface area contributed by atoms with Crippen molar-refractivity contribution in [2.75, 3.05) is 7.05 Å². The van der Waals surface area contributed by atoms with E-state index >= 15 is 0 Å². The lowest BCUT2D eigenvalue weighted by Crippen LogP contribution is -2.09. The van der Waals surface area contributed by atoms with Crippen molar-refractivity contribution in [3.63, 3.8) is 0 Å². The topological polar surface area (TPSA) is 66.5 Å². The highest BCUT2D eigenvalue weighted by molar-refractivity contribution is 5.72. The van der Waals surface area contributed by atoms with Gasteiger partial charge in [0.15, 0.2) is 5.65 Å². The molecule has 2 rings (SSSR count). The summed E-state index contributed by atoms with van der Waals surface area (Å²) in [7, 11) is 1.89. The Kier molecular flexibility index (Phi) is 1.94. The molecule has 0 bridgehead atoms. The fraction of sp³-hybridized carbons (Fsp3) is 0.375. The molecule has 0 spiro atoms. The number of hydrogen-bond acceptors (Lipinski definition) is 4. The number of hydrogen-bond donors (Lipinski definition) is 2. The molecule has 0 saturated carbocycles. The van der Waals surface area contributed by atoms with E-state index in [1.54, 1.807) is 6.33 Å². The van der Waals surface area contributed by atoms with Crippen molar-refractivity contribution in [1.29, 1.82) is 0 Å². The quantitative estimate of drug-likeness (QED) is 0.696. The Morgan fingerprint density at radius 2 is 2.31 bits per heavy atom. The second-order valence-electron chi connectivity index (χ2n) is 2.85. The van der Waals surface area contributed by atoms with E-state index in [4.69, 9.17) is 0 Å². The number of aromatic nitrogens is 4. The number of nitrogens with zero attached hydrogens (tertiary/aromatic N) is 3. The molecule has 0 radical (unpaired) electrons. The molecule has 2 aromatic heterocycles. The number of rotatable bonds is 2. The minimum Gasteiger partial charge on any atom is -0.342 e. The van der Waals surface area contributed by atoms with Crippen LogP contribution in [0.4, 0.5) is 0 Å². The van der Waals surface area contributed by atoms with Gasteiger partial charge in [-0.3, -0.25) is 0 Å². The van der Waals surface area contributed by atoms with Crippen LogP contribution in [0.5, 0.6) is 0 Å². The Balaban J connectivity index is 2.63. The van der Waals surface area contributed by atoms with Crippen LogP contribution < -0.4 is 5.32 Å². The Labute approximate surface area is 75.6 Å². The summed E-state index contributed by atoms with van der Waals surface area (Å²) < 4.78 is 0. The Morgan fingerprint density at radius 3 is 3.08 bits per heavy atom. The average molecular weight is 177 g/mol. The van der Waals surface area contributed by atoms with Gasteiger partial charge in [-0.25, -0.2) is 15.0 Å². The minimum absolute atomic E-state index is 0.724. The first-order valence-corrected chi connectivity index (χ1v) is 4.12. The minimum atomic E-state index is 0.724. The third kappa shape index (κ3) is 1.38. The molecule has 0 saturated heterocycles. The van der Waals surface area contributed by atoms with Gasteiger partial charge in [-0.15, -0.1) is 0 Å². The van der Waals surface area contributed by atoms with E-state index in [2.05, 4.69) is 25.3 Å². The van der Waals surface area contributed by atoms with Crippen molar-refractivity contribution in [2.24, 2.45) is 0 Å². The summed E-state index contributed by atoms with van der Waals surface area (Å²) in [5, 5.41) is 3.06. The molecule has 0 atom stereocenters. The van der Waals surface area contributed by atoms with Crippen molar-refractivity contribution in [3.05, 3.63) is 17.8 Å². The van der Waals surface area contributed by atoms with E-state index in [9.17, 15) is 0 Å². The molecule has 0 fully saturated rings. The maximum Gasteiger partial charge on any atom is 0.181 e. The van der Waals surface area contributed by atoms with Crippen LogP contribution in [0.3, 0.4) is 0 Å². The first-order chi connectivity index (χ1) is 6.31. The van der Waals surface area contributed by atoms with Crippen LogP contribution in [0.25, 0.3) is 11.2 Å². The molecule has 2 aromatic rings. The molecule has 5 heteroatoms. The zero-order valence-electron chi connectivity index (χ0n) is 7.63. The van der Waals surface area contributed by atoms with Crippen LogP contribution in [0.15, 0.2) is 6.33 Å². The molecule has 2 heterocycles. The lowest BCUT2D eigenvalue weighted by molar-refractivity contribution is 0.787. The molecule has 0 unspecified atom stereocenters. The molecule has 68 valence electrons. The Morgan fingerprint density at radius 1 is 1.46 bits per heavy atom.